The van der Waals surface area contributed by atoms with E-state index < -0.39 is 11.9 Å². The number of carboxylic acids is 1. The third-order valence-electron chi connectivity index (χ3n) is 4.04. The van der Waals surface area contributed by atoms with Crippen LogP contribution >= 0.6 is 0 Å². The van der Waals surface area contributed by atoms with Crippen molar-refractivity contribution in [1.82, 2.24) is 10.7 Å². The van der Waals surface area contributed by atoms with Crippen LogP contribution in [0.25, 0.3) is 0 Å². The molecule has 1 fully saturated rings. The summed E-state index contributed by atoms with van der Waals surface area (Å²) in [5.74, 6) is 3.94. The molecule has 1 amide bonds. The Bertz CT molecular complexity index is 386. The number of hydrogen-bond donors (Lipinski definition) is 4. The van der Waals surface area contributed by atoms with E-state index in [1.807, 2.05) is 0 Å². The first kappa shape index (κ1) is 17.4. The molecule has 0 aromatic rings. The number of carbonyl (C=O) groups excluding carboxylic acids is 1. The highest BCUT2D eigenvalue weighted by Gasteiger charge is 2.41. The molecule has 1 aliphatic carbocycles. The lowest BCUT2D eigenvalue weighted by atomic mass is 9.90. The van der Waals surface area contributed by atoms with Crippen molar-refractivity contribution in [3.8, 4) is 0 Å². The average Bonchev–Trinajstić information content (AvgIpc) is 2.85. The minimum absolute atomic E-state index is 0.0335. The largest absolute Gasteiger partial charge is 0.481 e. The fourth-order valence-electron chi connectivity index (χ4n) is 3.07. The average molecular weight is 298 g/mol. The molecule has 0 heterocycles. The maximum absolute atomic E-state index is 11.4. The summed E-state index contributed by atoms with van der Waals surface area (Å²) in [6, 6.07) is -0.164. The second kappa shape index (κ2) is 8.61. The number of hydrogen-bond acceptors (Lipinski definition) is 4. The zero-order chi connectivity index (χ0) is 15.8. The normalized spacial score (nSPS) is 26.7. The summed E-state index contributed by atoms with van der Waals surface area (Å²) >= 11 is 0. The molecule has 0 saturated heterocycles. The third kappa shape index (κ3) is 5.34. The van der Waals surface area contributed by atoms with Crippen LogP contribution in [-0.2, 0) is 9.59 Å². The van der Waals surface area contributed by atoms with Crippen LogP contribution in [0.15, 0.2) is 4.99 Å². The molecule has 7 heteroatoms. The molecule has 0 aliphatic heterocycles. The Kier molecular flexibility index (Phi) is 7.14. The van der Waals surface area contributed by atoms with Gasteiger partial charge in [-0.1, -0.05) is 19.8 Å². The van der Waals surface area contributed by atoms with Crippen molar-refractivity contribution in [3.05, 3.63) is 0 Å². The van der Waals surface area contributed by atoms with Crippen LogP contribution in [-0.4, -0.2) is 35.4 Å². The van der Waals surface area contributed by atoms with Gasteiger partial charge >= 0.3 is 5.97 Å². The number of hydrazine groups is 1. The monoisotopic (exact) mass is 298 g/mol. The Balaban J connectivity index is 2.85. The van der Waals surface area contributed by atoms with Gasteiger partial charge in [0, 0.05) is 18.9 Å². The number of amides is 1. The molecule has 0 bridgehead atoms. The van der Waals surface area contributed by atoms with E-state index in [2.05, 4.69) is 22.7 Å². The molecule has 0 spiro atoms. The van der Waals surface area contributed by atoms with Gasteiger partial charge in [0.1, 0.15) is 0 Å². The Morgan fingerprint density at radius 1 is 1.48 bits per heavy atom. The molecule has 0 aromatic carbocycles. The molecule has 1 saturated carbocycles. The maximum atomic E-state index is 11.4. The van der Waals surface area contributed by atoms with Gasteiger partial charge in [-0.25, -0.2) is 5.84 Å². The minimum Gasteiger partial charge on any atom is -0.481 e. The standard InChI is InChI=1S/C14H26N4O3/c1-3-4-5-12(18-9(2)19)11-6-10(14(20)21)7-13(11)16-8-17-15/h8,10-13H,3-7,15H2,1-2H3,(H,16,17)(H,18,19)(H,20,21)/t10-,11-,12?,13+/m1/s1. The molecule has 1 rings (SSSR count). The van der Waals surface area contributed by atoms with E-state index in [0.717, 1.165) is 19.3 Å². The first-order chi connectivity index (χ1) is 9.99. The van der Waals surface area contributed by atoms with Crippen molar-refractivity contribution in [1.29, 1.82) is 0 Å². The van der Waals surface area contributed by atoms with E-state index in [0.29, 0.717) is 12.8 Å². The van der Waals surface area contributed by atoms with Crippen LogP contribution < -0.4 is 16.6 Å². The quantitative estimate of drug-likeness (QED) is 0.227. The van der Waals surface area contributed by atoms with E-state index in [4.69, 9.17) is 5.84 Å². The molecule has 4 atom stereocenters. The van der Waals surface area contributed by atoms with Gasteiger partial charge in [0.25, 0.3) is 0 Å². The third-order valence-corrected chi connectivity index (χ3v) is 4.04. The number of carboxylic acid groups (broad SMARTS) is 1. The zero-order valence-corrected chi connectivity index (χ0v) is 12.7. The summed E-state index contributed by atoms with van der Waals surface area (Å²) in [7, 11) is 0. The number of carbonyl (C=O) groups is 2. The number of nitrogens with two attached hydrogens (primary N) is 1. The Morgan fingerprint density at radius 3 is 2.71 bits per heavy atom. The summed E-state index contributed by atoms with van der Waals surface area (Å²) in [6.07, 6.45) is 5.28. The van der Waals surface area contributed by atoms with E-state index in [-0.39, 0.29) is 23.9 Å². The topological polar surface area (TPSA) is 117 Å². The van der Waals surface area contributed by atoms with E-state index in [1.54, 1.807) is 0 Å². The lowest BCUT2D eigenvalue weighted by Gasteiger charge is -2.27. The zero-order valence-electron chi connectivity index (χ0n) is 12.7. The van der Waals surface area contributed by atoms with Crippen LogP contribution in [0, 0.1) is 11.8 Å². The van der Waals surface area contributed by atoms with Gasteiger partial charge in [-0.15, -0.1) is 0 Å². The SMILES string of the molecule is CCCCC(NC(C)=O)[C@H]1C[C@@H](C(=O)O)C[C@@H]1N=CNN. The molecule has 1 unspecified atom stereocenters. The highest BCUT2D eigenvalue weighted by molar-refractivity contribution is 5.73. The molecular formula is C14H26N4O3. The second-order valence-corrected chi connectivity index (χ2v) is 5.63. The van der Waals surface area contributed by atoms with Crippen molar-refractivity contribution in [3.63, 3.8) is 0 Å². The first-order valence-corrected chi connectivity index (χ1v) is 7.47. The fourth-order valence-corrected chi connectivity index (χ4v) is 3.07. The number of nitrogens with zero attached hydrogens (tertiary/aromatic N) is 1. The molecule has 7 nitrogen and oxygen atoms in total. The van der Waals surface area contributed by atoms with Crippen molar-refractivity contribution in [2.24, 2.45) is 22.7 Å². The van der Waals surface area contributed by atoms with Crippen LogP contribution in [0.4, 0.5) is 0 Å². The van der Waals surface area contributed by atoms with Gasteiger partial charge in [-0.05, 0) is 19.3 Å². The summed E-state index contributed by atoms with van der Waals surface area (Å²) in [5, 5.41) is 12.2. The highest BCUT2D eigenvalue weighted by Crippen LogP contribution is 2.37. The molecule has 0 aromatic heterocycles. The van der Waals surface area contributed by atoms with Gasteiger partial charge < -0.3 is 15.8 Å². The van der Waals surface area contributed by atoms with Crippen LogP contribution in [0.3, 0.4) is 0 Å². The molecule has 120 valence electrons. The maximum Gasteiger partial charge on any atom is 0.306 e. The lowest BCUT2D eigenvalue weighted by molar-refractivity contribution is -0.141. The van der Waals surface area contributed by atoms with Crippen molar-refractivity contribution < 1.29 is 14.7 Å². The van der Waals surface area contributed by atoms with Crippen molar-refractivity contribution in [2.75, 3.05) is 0 Å². The first-order valence-electron chi connectivity index (χ1n) is 7.47. The van der Waals surface area contributed by atoms with Crippen molar-refractivity contribution >= 4 is 18.2 Å². The Hall–Kier alpha value is -1.63. The highest BCUT2D eigenvalue weighted by atomic mass is 16.4. The van der Waals surface area contributed by atoms with E-state index in [9.17, 15) is 14.7 Å². The summed E-state index contributed by atoms with van der Waals surface area (Å²) < 4.78 is 0. The molecule has 5 N–H and O–H groups in total. The predicted molar refractivity (Wildman–Crippen MR) is 80.6 cm³/mol. The van der Waals surface area contributed by atoms with Crippen LogP contribution in [0.5, 0.6) is 0 Å². The summed E-state index contributed by atoms with van der Waals surface area (Å²) in [5.41, 5.74) is 2.36. The Labute approximate surface area is 125 Å². The van der Waals surface area contributed by atoms with Crippen LogP contribution in [0.1, 0.15) is 46.0 Å². The molecule has 0 radical (unpaired) electrons. The van der Waals surface area contributed by atoms with E-state index >= 15 is 0 Å². The predicted octanol–water partition coefficient (Wildman–Crippen LogP) is 0.652. The second-order valence-electron chi connectivity index (χ2n) is 5.63. The fraction of sp³-hybridized carbons (Fsp3) is 0.786. The molecule has 1 aliphatic rings. The smallest absolute Gasteiger partial charge is 0.306 e. The summed E-state index contributed by atoms with van der Waals surface area (Å²) in [4.78, 5) is 27.0. The molecular weight excluding hydrogens is 272 g/mol. The number of aliphatic imine (C=N–C) groups is 1. The lowest BCUT2D eigenvalue weighted by Crippen LogP contribution is -2.42. The molecule has 21 heavy (non-hydrogen) atoms. The van der Waals surface area contributed by atoms with Crippen molar-refractivity contribution in [2.45, 2.75) is 58.0 Å². The van der Waals surface area contributed by atoms with Gasteiger partial charge in [0.2, 0.25) is 5.91 Å². The number of nitrogens with one attached hydrogen (secondary N) is 2. The van der Waals surface area contributed by atoms with Gasteiger partial charge in [-0.2, -0.15) is 0 Å². The minimum atomic E-state index is -0.796. The Morgan fingerprint density at radius 2 is 2.19 bits per heavy atom. The summed E-state index contributed by atoms with van der Waals surface area (Å²) in [6.45, 7) is 3.58. The van der Waals surface area contributed by atoms with Gasteiger partial charge in [0.05, 0.1) is 18.3 Å². The van der Waals surface area contributed by atoms with Crippen LogP contribution in [0.2, 0.25) is 0 Å². The number of rotatable bonds is 8. The number of unbranched alkanes of at least 4 members (excludes halogenated alkanes) is 1. The van der Waals surface area contributed by atoms with Gasteiger partial charge in [-0.3, -0.25) is 14.6 Å². The number of aliphatic carboxylic acids is 1. The van der Waals surface area contributed by atoms with Gasteiger partial charge in [0.15, 0.2) is 0 Å². The van der Waals surface area contributed by atoms with E-state index in [1.165, 1.54) is 13.3 Å².